The van der Waals surface area contributed by atoms with Gasteiger partial charge in [-0.2, -0.15) is 0 Å². The molecule has 10 aromatic rings. The highest BCUT2D eigenvalue weighted by Gasteiger charge is 2.22. The second-order valence-electron chi connectivity index (χ2n) is 13.2. The summed E-state index contributed by atoms with van der Waals surface area (Å²) in [6.45, 7) is 0. The third kappa shape index (κ3) is 5.54. The fourth-order valence-electron chi connectivity index (χ4n) is 7.34. The zero-order valence-electron chi connectivity index (χ0n) is 28.7. The zero-order chi connectivity index (χ0) is 35.1. The van der Waals surface area contributed by atoms with Crippen LogP contribution in [0.25, 0.3) is 77.9 Å². The minimum Gasteiger partial charge on any atom is -0.454 e. The number of hydrogen-bond acceptors (Lipinski definition) is 4. The average molecular weight is 681 g/mol. The van der Waals surface area contributed by atoms with Crippen molar-refractivity contribution in [1.82, 2.24) is 4.98 Å². The van der Waals surface area contributed by atoms with E-state index >= 15 is 0 Å². The van der Waals surface area contributed by atoms with Crippen LogP contribution in [0.5, 0.6) is 0 Å². The largest absolute Gasteiger partial charge is 0.454 e. The fourth-order valence-corrected chi connectivity index (χ4v) is 7.34. The second kappa shape index (κ2) is 12.9. The van der Waals surface area contributed by atoms with Gasteiger partial charge in [0.1, 0.15) is 11.1 Å². The van der Waals surface area contributed by atoms with Gasteiger partial charge in [0.05, 0.1) is 5.69 Å². The van der Waals surface area contributed by atoms with Crippen LogP contribution in [0.15, 0.2) is 203 Å². The summed E-state index contributed by atoms with van der Waals surface area (Å²) >= 11 is 0. The molecule has 0 spiro atoms. The predicted molar refractivity (Wildman–Crippen MR) is 218 cm³/mol. The number of fused-ring (bicyclic) bond motifs is 4. The first-order chi connectivity index (χ1) is 26.3. The molecule has 250 valence electrons. The minimum absolute atomic E-state index is 0.594. The van der Waals surface area contributed by atoms with Crippen LogP contribution in [0, 0.1) is 0 Å². The smallest absolute Gasteiger partial charge is 0.227 e. The number of benzene rings is 8. The topological polar surface area (TPSA) is 42.4 Å². The molecule has 0 aliphatic carbocycles. The third-order valence-electron chi connectivity index (χ3n) is 9.91. The van der Waals surface area contributed by atoms with Gasteiger partial charge in [0, 0.05) is 33.8 Å². The highest BCUT2D eigenvalue weighted by Crippen LogP contribution is 2.45. The number of nitrogens with zero attached hydrogens (tertiary/aromatic N) is 2. The Hall–Kier alpha value is -7.17. The highest BCUT2D eigenvalue weighted by atomic mass is 16.4. The molecule has 0 saturated heterocycles. The van der Waals surface area contributed by atoms with Gasteiger partial charge in [-0.15, -0.1) is 0 Å². The van der Waals surface area contributed by atoms with Gasteiger partial charge in [-0.3, -0.25) is 0 Å². The van der Waals surface area contributed by atoms with Crippen molar-refractivity contribution < 1.29 is 8.83 Å². The van der Waals surface area contributed by atoms with E-state index in [9.17, 15) is 0 Å². The summed E-state index contributed by atoms with van der Waals surface area (Å²) in [5, 5.41) is 1.99. The van der Waals surface area contributed by atoms with Crippen LogP contribution >= 0.6 is 0 Å². The molecule has 53 heavy (non-hydrogen) atoms. The summed E-state index contributed by atoms with van der Waals surface area (Å²) in [7, 11) is 0. The summed E-state index contributed by atoms with van der Waals surface area (Å²) in [6, 6.07) is 67.6. The molecule has 2 heterocycles. The number of hydrogen-bond donors (Lipinski definition) is 0. The number of oxazole rings is 1. The molecule has 0 bridgehead atoms. The fraction of sp³-hybridized carbons (Fsp3) is 0. The van der Waals surface area contributed by atoms with E-state index in [1.54, 1.807) is 0 Å². The lowest BCUT2D eigenvalue weighted by Crippen LogP contribution is -2.10. The van der Waals surface area contributed by atoms with Crippen molar-refractivity contribution in [3.8, 4) is 44.8 Å². The van der Waals surface area contributed by atoms with Crippen molar-refractivity contribution in [3.63, 3.8) is 0 Å². The van der Waals surface area contributed by atoms with Crippen LogP contribution in [0.1, 0.15) is 0 Å². The maximum Gasteiger partial charge on any atom is 0.227 e. The van der Waals surface area contributed by atoms with Crippen molar-refractivity contribution in [3.05, 3.63) is 194 Å². The van der Waals surface area contributed by atoms with Crippen LogP contribution in [-0.2, 0) is 0 Å². The quantitative estimate of drug-likeness (QED) is 0.168. The van der Waals surface area contributed by atoms with Crippen molar-refractivity contribution in [2.75, 3.05) is 4.90 Å². The van der Waals surface area contributed by atoms with Gasteiger partial charge in [-0.05, 0) is 81.9 Å². The van der Waals surface area contributed by atoms with Crippen molar-refractivity contribution >= 4 is 50.1 Å². The Labute approximate surface area is 306 Å². The Morgan fingerprint density at radius 2 is 0.962 bits per heavy atom. The van der Waals surface area contributed by atoms with Gasteiger partial charge >= 0.3 is 0 Å². The first-order valence-corrected chi connectivity index (χ1v) is 17.8. The van der Waals surface area contributed by atoms with E-state index in [1.807, 2.05) is 42.5 Å². The van der Waals surface area contributed by atoms with Gasteiger partial charge in [0.2, 0.25) is 5.89 Å². The number of furan rings is 1. The van der Waals surface area contributed by atoms with E-state index in [1.165, 1.54) is 16.7 Å². The summed E-state index contributed by atoms with van der Waals surface area (Å²) < 4.78 is 13.1. The van der Waals surface area contributed by atoms with Gasteiger partial charge in [0.15, 0.2) is 11.2 Å². The Morgan fingerprint density at radius 1 is 0.377 bits per heavy atom. The van der Waals surface area contributed by atoms with Crippen LogP contribution in [0.3, 0.4) is 0 Å². The van der Waals surface area contributed by atoms with Crippen molar-refractivity contribution in [2.24, 2.45) is 0 Å². The van der Waals surface area contributed by atoms with E-state index in [2.05, 4.69) is 157 Å². The highest BCUT2D eigenvalue weighted by molar-refractivity contribution is 6.13. The van der Waals surface area contributed by atoms with Gasteiger partial charge in [-0.1, -0.05) is 140 Å². The maximum atomic E-state index is 6.81. The van der Waals surface area contributed by atoms with Crippen molar-refractivity contribution in [2.45, 2.75) is 0 Å². The standard InChI is InChI=1S/C49H32N2O2/c1-5-14-33(15-6-1)34-24-26-38(27-25-34)51(39-28-29-40(35-16-7-2-8-17-35)42(30-39)36-18-9-3-10-19-36)45-23-13-22-41-43-31-47-44(32-46(43)52-48(41)45)50-49(53-47)37-20-11-4-12-21-37/h1-32H. The molecule has 0 aliphatic heterocycles. The summed E-state index contributed by atoms with van der Waals surface area (Å²) in [5.41, 5.74) is 13.9. The lowest BCUT2D eigenvalue weighted by Gasteiger charge is -2.27. The lowest BCUT2D eigenvalue weighted by molar-refractivity contribution is 0.620. The maximum absolute atomic E-state index is 6.81. The van der Waals surface area contributed by atoms with Crippen LogP contribution in [0.2, 0.25) is 0 Å². The predicted octanol–water partition coefficient (Wildman–Crippen LogP) is 13.9. The summed E-state index contributed by atoms with van der Waals surface area (Å²) in [6.07, 6.45) is 0. The number of anilines is 3. The molecule has 2 aromatic heterocycles. The Bertz CT molecular complexity index is 2860. The number of rotatable bonds is 7. The minimum atomic E-state index is 0.594. The molecule has 0 atom stereocenters. The normalized spacial score (nSPS) is 11.4. The molecule has 0 unspecified atom stereocenters. The molecule has 8 aromatic carbocycles. The average Bonchev–Trinajstić information content (AvgIpc) is 3.83. The monoisotopic (exact) mass is 680 g/mol. The summed E-state index contributed by atoms with van der Waals surface area (Å²) in [4.78, 5) is 7.13. The first-order valence-electron chi connectivity index (χ1n) is 17.8. The molecule has 0 fully saturated rings. The van der Waals surface area contributed by atoms with E-state index in [4.69, 9.17) is 13.8 Å². The zero-order valence-corrected chi connectivity index (χ0v) is 28.7. The summed E-state index contributed by atoms with van der Waals surface area (Å²) in [5.74, 6) is 0.594. The lowest BCUT2D eigenvalue weighted by atomic mass is 9.93. The third-order valence-corrected chi connectivity index (χ3v) is 9.91. The number of para-hydroxylation sites is 1. The Kier molecular flexibility index (Phi) is 7.43. The van der Waals surface area contributed by atoms with E-state index in [0.717, 1.165) is 72.4 Å². The molecule has 4 nitrogen and oxygen atoms in total. The molecule has 0 N–H and O–H groups in total. The van der Waals surface area contributed by atoms with Gasteiger partial charge in [-0.25, -0.2) is 4.98 Å². The molecule has 0 radical (unpaired) electrons. The van der Waals surface area contributed by atoms with Crippen LogP contribution in [-0.4, -0.2) is 4.98 Å². The van der Waals surface area contributed by atoms with E-state index in [-0.39, 0.29) is 0 Å². The Balaban J connectivity index is 1.17. The molecule has 4 heteroatoms. The van der Waals surface area contributed by atoms with E-state index < -0.39 is 0 Å². The SMILES string of the molecule is c1ccc(-c2ccc(N(c3ccc(-c4ccccc4)c(-c4ccccc4)c3)c3cccc4c3oc3cc5nc(-c6ccccc6)oc5cc34)cc2)cc1. The molecule has 0 saturated carbocycles. The van der Waals surface area contributed by atoms with Crippen molar-refractivity contribution in [1.29, 1.82) is 0 Å². The molecule has 10 rings (SSSR count). The molecule has 0 aliphatic rings. The second-order valence-corrected chi connectivity index (χ2v) is 13.2. The molecule has 0 amide bonds. The molecular formula is C49H32N2O2. The first kappa shape index (κ1) is 30.6. The number of aromatic nitrogens is 1. The van der Waals surface area contributed by atoms with Gasteiger partial charge in [0.25, 0.3) is 0 Å². The van der Waals surface area contributed by atoms with Crippen LogP contribution in [0.4, 0.5) is 17.1 Å². The van der Waals surface area contributed by atoms with Gasteiger partial charge < -0.3 is 13.7 Å². The van der Waals surface area contributed by atoms with Crippen LogP contribution < -0.4 is 4.90 Å². The Morgan fingerprint density at radius 3 is 1.64 bits per heavy atom. The molecular weight excluding hydrogens is 649 g/mol. The van der Waals surface area contributed by atoms with E-state index in [0.29, 0.717) is 5.89 Å².